The number of thiophene rings is 1. The molecule has 4 aromatic heterocycles. The third-order valence-corrected chi connectivity index (χ3v) is 8.21. The Bertz CT molecular complexity index is 1870. The molecule has 3 N–H and O–H groups in total. The first-order valence-electron chi connectivity index (χ1n) is 12.5. The van der Waals surface area contributed by atoms with E-state index in [-0.39, 0.29) is 17.6 Å². The van der Waals surface area contributed by atoms with Gasteiger partial charge in [-0.15, -0.1) is 11.3 Å². The Hall–Kier alpha value is -4.56. The maximum Gasteiger partial charge on any atom is 0.227 e. The smallest absolute Gasteiger partial charge is 0.227 e. The average Bonchev–Trinajstić information content (AvgIpc) is 3.32. The minimum Gasteiger partial charge on any atom is -0.353 e. The van der Waals surface area contributed by atoms with Gasteiger partial charge >= 0.3 is 0 Å². The Balaban J connectivity index is 1.27. The van der Waals surface area contributed by atoms with Crippen LogP contribution < -0.4 is 5.32 Å². The summed E-state index contributed by atoms with van der Waals surface area (Å²) in [4.78, 5) is 33.7. The van der Waals surface area contributed by atoms with Crippen molar-refractivity contribution in [3.8, 4) is 33.0 Å². The van der Waals surface area contributed by atoms with Crippen LogP contribution in [0, 0.1) is 5.92 Å². The van der Waals surface area contributed by atoms with E-state index in [2.05, 4.69) is 49.7 Å². The zero-order valence-electron chi connectivity index (χ0n) is 20.5. The molecular formula is C30H23N5O2S. The van der Waals surface area contributed by atoms with E-state index in [9.17, 15) is 9.59 Å². The largest absolute Gasteiger partial charge is 0.353 e. The highest BCUT2D eigenvalue weighted by Crippen LogP contribution is 2.38. The van der Waals surface area contributed by atoms with Crippen molar-refractivity contribution in [2.24, 2.45) is 5.92 Å². The van der Waals surface area contributed by atoms with Gasteiger partial charge in [0.1, 0.15) is 5.69 Å². The lowest BCUT2D eigenvalue weighted by Gasteiger charge is -2.07. The van der Waals surface area contributed by atoms with Crippen LogP contribution in [0.2, 0.25) is 0 Å². The van der Waals surface area contributed by atoms with Gasteiger partial charge in [-0.3, -0.25) is 19.7 Å². The van der Waals surface area contributed by atoms with E-state index in [0.717, 1.165) is 72.5 Å². The van der Waals surface area contributed by atoms with Gasteiger partial charge in [0, 0.05) is 44.4 Å². The fourth-order valence-corrected chi connectivity index (χ4v) is 5.77. The second-order valence-electron chi connectivity index (χ2n) is 9.73. The molecule has 0 spiro atoms. The van der Waals surface area contributed by atoms with Gasteiger partial charge in [-0.25, -0.2) is 0 Å². The number of nitrogens with one attached hydrogen (secondary N) is 3. The van der Waals surface area contributed by atoms with Crippen molar-refractivity contribution in [2.45, 2.75) is 19.8 Å². The summed E-state index contributed by atoms with van der Waals surface area (Å²) in [7, 11) is 0. The van der Waals surface area contributed by atoms with Gasteiger partial charge < -0.3 is 10.3 Å². The van der Waals surface area contributed by atoms with Crippen molar-refractivity contribution in [1.29, 1.82) is 0 Å². The van der Waals surface area contributed by atoms with E-state index < -0.39 is 0 Å². The highest BCUT2D eigenvalue weighted by molar-refractivity contribution is 7.17. The lowest BCUT2D eigenvalue weighted by Crippen LogP contribution is -2.13. The average molecular weight is 518 g/mol. The number of nitrogens with zero attached hydrogens (tertiary/aromatic N) is 2. The molecule has 2 aromatic carbocycles. The lowest BCUT2D eigenvalue weighted by molar-refractivity contribution is -0.117. The fourth-order valence-electron chi connectivity index (χ4n) is 4.82. The molecule has 0 aliphatic heterocycles. The van der Waals surface area contributed by atoms with Crippen molar-refractivity contribution in [3.05, 3.63) is 77.9 Å². The summed E-state index contributed by atoms with van der Waals surface area (Å²) < 4.78 is 0. The van der Waals surface area contributed by atoms with Crippen molar-refractivity contribution < 1.29 is 9.59 Å². The molecular weight excluding hydrogens is 494 g/mol. The topological polar surface area (TPSA) is 104 Å². The number of ketones is 1. The number of fused-ring (bicyclic) bond motifs is 2. The van der Waals surface area contributed by atoms with Crippen LogP contribution in [-0.4, -0.2) is 31.9 Å². The lowest BCUT2D eigenvalue weighted by atomic mass is 10.0. The number of benzene rings is 2. The number of Topliss-reactive ketones (excluding diaryl/α,β-unsaturated/α-hetero) is 1. The maximum absolute atomic E-state index is 12.2. The van der Waals surface area contributed by atoms with Gasteiger partial charge in [0.15, 0.2) is 5.78 Å². The molecule has 0 saturated heterocycles. The Morgan fingerprint density at radius 3 is 2.66 bits per heavy atom. The Kier molecular flexibility index (Phi) is 5.23. The number of hydrogen-bond acceptors (Lipinski definition) is 5. The van der Waals surface area contributed by atoms with Gasteiger partial charge in [0.2, 0.25) is 5.91 Å². The highest BCUT2D eigenvalue weighted by atomic mass is 32.1. The van der Waals surface area contributed by atoms with Crippen molar-refractivity contribution in [3.63, 3.8) is 0 Å². The molecule has 7 nitrogen and oxygen atoms in total. The predicted molar refractivity (Wildman–Crippen MR) is 151 cm³/mol. The number of aromatic nitrogens is 4. The normalized spacial score (nSPS) is 13.3. The minimum atomic E-state index is 0.0646. The third kappa shape index (κ3) is 3.99. The fraction of sp³-hybridized carbons (Fsp3) is 0.133. The van der Waals surface area contributed by atoms with Crippen LogP contribution in [0.1, 0.15) is 29.4 Å². The Labute approximate surface area is 221 Å². The first-order valence-corrected chi connectivity index (χ1v) is 13.3. The molecule has 0 bridgehead atoms. The molecule has 38 heavy (non-hydrogen) atoms. The molecule has 8 heteroatoms. The van der Waals surface area contributed by atoms with E-state index in [4.69, 9.17) is 0 Å². The van der Waals surface area contributed by atoms with Crippen LogP contribution in [0.25, 0.3) is 54.8 Å². The standard InChI is InChI=1S/C30H23N5O2S/c1-16(36)27-9-10-28(38-27)21-3-2-4-24-22(21)13-26(33-24)29-23-12-18(7-8-25(23)34-35-29)19-11-20(15-31-14-19)32-30(37)17-5-6-17/h2-4,7-15,17,33H,5-6H2,1H3,(H,32,37)(H,34,35). The molecule has 1 aliphatic carbocycles. The summed E-state index contributed by atoms with van der Waals surface area (Å²) >= 11 is 1.51. The van der Waals surface area contributed by atoms with Crippen LogP contribution in [0.5, 0.6) is 0 Å². The van der Waals surface area contributed by atoms with E-state index in [1.807, 2.05) is 36.4 Å². The van der Waals surface area contributed by atoms with Gasteiger partial charge in [-0.1, -0.05) is 18.2 Å². The van der Waals surface area contributed by atoms with Crippen LogP contribution in [-0.2, 0) is 4.79 Å². The van der Waals surface area contributed by atoms with Crippen LogP contribution in [0.3, 0.4) is 0 Å². The van der Waals surface area contributed by atoms with E-state index in [1.165, 1.54) is 11.3 Å². The Morgan fingerprint density at radius 2 is 1.84 bits per heavy atom. The van der Waals surface area contributed by atoms with Crippen molar-refractivity contribution in [1.82, 2.24) is 20.2 Å². The number of carbonyl (C=O) groups excluding carboxylic acids is 2. The number of rotatable bonds is 6. The number of hydrogen-bond donors (Lipinski definition) is 3. The molecule has 7 rings (SSSR count). The first kappa shape index (κ1) is 22.6. The maximum atomic E-state index is 12.2. The second-order valence-corrected chi connectivity index (χ2v) is 10.8. The Morgan fingerprint density at radius 1 is 0.947 bits per heavy atom. The van der Waals surface area contributed by atoms with Crippen LogP contribution in [0.4, 0.5) is 5.69 Å². The number of carbonyl (C=O) groups is 2. The summed E-state index contributed by atoms with van der Waals surface area (Å²) in [6.07, 6.45) is 5.40. The van der Waals surface area contributed by atoms with E-state index in [1.54, 1.807) is 19.3 Å². The van der Waals surface area contributed by atoms with Gasteiger partial charge in [-0.2, -0.15) is 5.10 Å². The number of amides is 1. The predicted octanol–water partition coefficient (Wildman–Crippen LogP) is 7.05. The quantitative estimate of drug-likeness (QED) is 0.206. The molecule has 1 aliphatic rings. The molecule has 1 saturated carbocycles. The van der Waals surface area contributed by atoms with Gasteiger partial charge in [-0.05, 0) is 67.8 Å². The zero-order valence-corrected chi connectivity index (χ0v) is 21.4. The number of pyridine rings is 1. The van der Waals surface area contributed by atoms with Gasteiger partial charge in [0.25, 0.3) is 0 Å². The van der Waals surface area contributed by atoms with Crippen LogP contribution >= 0.6 is 11.3 Å². The summed E-state index contributed by atoms with van der Waals surface area (Å²) in [5.74, 6) is 0.277. The summed E-state index contributed by atoms with van der Waals surface area (Å²) in [6, 6.07) is 20.3. The summed E-state index contributed by atoms with van der Waals surface area (Å²) in [6.45, 7) is 1.60. The highest BCUT2D eigenvalue weighted by Gasteiger charge is 2.29. The molecule has 0 unspecified atom stereocenters. The molecule has 0 radical (unpaired) electrons. The number of aromatic amines is 2. The zero-order chi connectivity index (χ0) is 25.8. The monoisotopic (exact) mass is 517 g/mol. The number of H-pyrrole nitrogens is 2. The molecule has 1 amide bonds. The third-order valence-electron chi connectivity index (χ3n) is 6.99. The number of anilines is 1. The summed E-state index contributed by atoms with van der Waals surface area (Å²) in [5.41, 5.74) is 7.36. The van der Waals surface area contributed by atoms with E-state index in [0.29, 0.717) is 5.69 Å². The second kappa shape index (κ2) is 8.78. The minimum absolute atomic E-state index is 0.0646. The SMILES string of the molecule is CC(=O)c1ccc(-c2cccc3[nH]c(-c4n[nH]c5ccc(-c6cncc(NC(=O)C7CC7)c6)cc45)cc23)s1. The molecule has 6 aromatic rings. The summed E-state index contributed by atoms with van der Waals surface area (Å²) in [5, 5.41) is 12.8. The van der Waals surface area contributed by atoms with Crippen LogP contribution in [0.15, 0.2) is 73.1 Å². The molecule has 186 valence electrons. The first-order chi connectivity index (χ1) is 18.5. The van der Waals surface area contributed by atoms with E-state index >= 15 is 0 Å². The van der Waals surface area contributed by atoms with Gasteiger partial charge in [0.05, 0.1) is 28.0 Å². The van der Waals surface area contributed by atoms with Crippen molar-refractivity contribution in [2.75, 3.05) is 5.32 Å². The molecule has 0 atom stereocenters. The van der Waals surface area contributed by atoms with Crippen molar-refractivity contribution >= 4 is 50.5 Å². The molecule has 4 heterocycles. The molecule has 1 fully saturated rings.